The Hall–Kier alpha value is -3.06. The molecule has 0 fully saturated rings. The molecule has 0 saturated carbocycles. The number of aryl methyl sites for hydroxylation is 2. The van der Waals surface area contributed by atoms with Crippen molar-refractivity contribution in [1.29, 1.82) is 0 Å². The van der Waals surface area contributed by atoms with Crippen molar-refractivity contribution in [3.8, 4) is 11.4 Å². The van der Waals surface area contributed by atoms with Crippen molar-refractivity contribution in [3.63, 3.8) is 0 Å². The maximum atomic E-state index is 11.1. The largest absolute Gasteiger partial charge is 0.386 e. The molecule has 1 amide bonds. The summed E-state index contributed by atoms with van der Waals surface area (Å²) in [5, 5.41) is 22.7. The summed E-state index contributed by atoms with van der Waals surface area (Å²) in [6, 6.07) is 12.6. The predicted octanol–water partition coefficient (Wildman–Crippen LogP) is 1.79. The van der Waals surface area contributed by atoms with E-state index in [2.05, 4.69) is 21.5 Å². The fourth-order valence-electron chi connectivity index (χ4n) is 2.68. The van der Waals surface area contributed by atoms with Crippen molar-refractivity contribution in [2.75, 3.05) is 0 Å². The summed E-state index contributed by atoms with van der Waals surface area (Å²) in [7, 11) is 0. The van der Waals surface area contributed by atoms with Crippen molar-refractivity contribution in [1.82, 2.24) is 20.2 Å². The first kappa shape index (κ1) is 16.8. The second-order valence-electron chi connectivity index (χ2n) is 6.05. The summed E-state index contributed by atoms with van der Waals surface area (Å²) in [6.07, 6.45) is -0.724. The van der Waals surface area contributed by atoms with E-state index in [0.717, 1.165) is 22.3 Å². The molecule has 3 rings (SSSR count). The quantitative estimate of drug-likeness (QED) is 0.738. The number of nitrogens with two attached hydrogens (primary N) is 1. The SMILES string of the molecule is Cc1cc(C)cc(C(O)Cn2nnc(-c3ccc(C(N)=O)cc3)n2)c1. The van der Waals surface area contributed by atoms with E-state index < -0.39 is 12.0 Å². The second-order valence-corrected chi connectivity index (χ2v) is 6.05. The number of aliphatic hydroxyl groups excluding tert-OH is 1. The third kappa shape index (κ3) is 3.89. The molecule has 7 nitrogen and oxygen atoms in total. The molecule has 0 aliphatic heterocycles. The van der Waals surface area contributed by atoms with Crippen LogP contribution in [0.5, 0.6) is 0 Å². The number of aliphatic hydroxyl groups is 1. The lowest BCUT2D eigenvalue weighted by Gasteiger charge is -2.11. The molecule has 128 valence electrons. The van der Waals surface area contributed by atoms with Crippen molar-refractivity contribution >= 4 is 5.91 Å². The van der Waals surface area contributed by atoms with Gasteiger partial charge in [0.05, 0.1) is 6.54 Å². The number of nitrogens with zero attached hydrogens (tertiary/aromatic N) is 4. The van der Waals surface area contributed by atoms with Crippen LogP contribution < -0.4 is 5.73 Å². The van der Waals surface area contributed by atoms with Crippen LogP contribution in [-0.4, -0.2) is 31.2 Å². The normalized spacial score (nSPS) is 12.1. The Morgan fingerprint density at radius 3 is 2.40 bits per heavy atom. The number of rotatable bonds is 5. The Balaban J connectivity index is 1.75. The number of hydrogen-bond acceptors (Lipinski definition) is 5. The molecule has 0 saturated heterocycles. The minimum absolute atomic E-state index is 0.204. The van der Waals surface area contributed by atoms with Gasteiger partial charge in [-0.3, -0.25) is 4.79 Å². The first-order valence-corrected chi connectivity index (χ1v) is 7.86. The zero-order valence-corrected chi connectivity index (χ0v) is 14.0. The van der Waals surface area contributed by atoms with Gasteiger partial charge in [0.25, 0.3) is 0 Å². The van der Waals surface area contributed by atoms with Crippen LogP contribution in [0, 0.1) is 13.8 Å². The molecule has 0 bridgehead atoms. The molecule has 25 heavy (non-hydrogen) atoms. The van der Waals surface area contributed by atoms with Crippen LogP contribution >= 0.6 is 0 Å². The maximum absolute atomic E-state index is 11.1. The number of benzene rings is 2. The van der Waals surface area contributed by atoms with Gasteiger partial charge in [0.15, 0.2) is 0 Å². The van der Waals surface area contributed by atoms with Gasteiger partial charge in [-0.15, -0.1) is 10.2 Å². The van der Waals surface area contributed by atoms with Gasteiger partial charge < -0.3 is 10.8 Å². The molecule has 1 atom stereocenters. The Labute approximate surface area is 145 Å². The molecule has 2 aromatic carbocycles. The Bertz CT molecular complexity index is 882. The summed E-state index contributed by atoms with van der Waals surface area (Å²) in [6.45, 7) is 4.19. The first-order chi connectivity index (χ1) is 11.9. The van der Waals surface area contributed by atoms with Gasteiger partial charge >= 0.3 is 0 Å². The van der Waals surface area contributed by atoms with Crippen molar-refractivity contribution in [3.05, 3.63) is 64.7 Å². The highest BCUT2D eigenvalue weighted by Gasteiger charge is 2.13. The van der Waals surface area contributed by atoms with Gasteiger partial charge in [0.2, 0.25) is 11.7 Å². The summed E-state index contributed by atoms with van der Waals surface area (Å²) >= 11 is 0. The highest BCUT2D eigenvalue weighted by atomic mass is 16.3. The van der Waals surface area contributed by atoms with Crippen LogP contribution in [0.2, 0.25) is 0 Å². The average molecular weight is 337 g/mol. The molecule has 1 unspecified atom stereocenters. The minimum atomic E-state index is -0.724. The van der Waals surface area contributed by atoms with Crippen molar-refractivity contribution in [2.24, 2.45) is 5.73 Å². The third-order valence-corrected chi connectivity index (χ3v) is 3.85. The second kappa shape index (κ2) is 6.82. The van der Waals surface area contributed by atoms with Crippen LogP contribution in [0.4, 0.5) is 0 Å². The Kier molecular flexibility index (Phi) is 4.58. The summed E-state index contributed by atoms with van der Waals surface area (Å²) in [4.78, 5) is 12.5. The molecule has 3 aromatic rings. The summed E-state index contributed by atoms with van der Waals surface area (Å²) in [5.74, 6) is -0.0663. The number of aromatic nitrogens is 4. The monoisotopic (exact) mass is 337 g/mol. The number of tetrazole rings is 1. The summed E-state index contributed by atoms with van der Waals surface area (Å²) < 4.78 is 0. The van der Waals surface area contributed by atoms with Crippen LogP contribution in [0.15, 0.2) is 42.5 Å². The van der Waals surface area contributed by atoms with Gasteiger partial charge in [-0.1, -0.05) is 41.5 Å². The van der Waals surface area contributed by atoms with Gasteiger partial charge in [0.1, 0.15) is 6.10 Å². The van der Waals surface area contributed by atoms with E-state index in [0.29, 0.717) is 11.4 Å². The van der Waals surface area contributed by atoms with Crippen LogP contribution in [0.3, 0.4) is 0 Å². The molecule has 0 aliphatic rings. The minimum Gasteiger partial charge on any atom is -0.386 e. The topological polar surface area (TPSA) is 107 Å². The third-order valence-electron chi connectivity index (χ3n) is 3.85. The summed E-state index contributed by atoms with van der Waals surface area (Å²) in [5.41, 5.74) is 9.37. The average Bonchev–Trinajstić information content (AvgIpc) is 3.02. The molecule has 3 N–H and O–H groups in total. The lowest BCUT2D eigenvalue weighted by molar-refractivity contribution is 0.1000. The smallest absolute Gasteiger partial charge is 0.248 e. The lowest BCUT2D eigenvalue weighted by Crippen LogP contribution is -2.12. The predicted molar refractivity (Wildman–Crippen MR) is 92.6 cm³/mol. The Morgan fingerprint density at radius 1 is 1.16 bits per heavy atom. The number of primary amides is 1. The van der Waals surface area contributed by atoms with Gasteiger partial charge in [-0.2, -0.15) is 4.80 Å². The highest BCUT2D eigenvalue weighted by Crippen LogP contribution is 2.19. The number of amides is 1. The molecule has 0 aliphatic carbocycles. The molecule has 0 spiro atoms. The molecular formula is C18H19N5O2. The van der Waals surface area contributed by atoms with E-state index >= 15 is 0 Å². The maximum Gasteiger partial charge on any atom is 0.248 e. The van der Waals surface area contributed by atoms with E-state index in [4.69, 9.17) is 5.73 Å². The van der Waals surface area contributed by atoms with E-state index in [1.54, 1.807) is 24.3 Å². The van der Waals surface area contributed by atoms with Crippen molar-refractivity contribution < 1.29 is 9.90 Å². The van der Waals surface area contributed by atoms with Gasteiger partial charge in [0, 0.05) is 11.1 Å². The van der Waals surface area contributed by atoms with Gasteiger partial charge in [-0.05, 0) is 36.8 Å². The molecule has 7 heteroatoms. The number of carbonyl (C=O) groups excluding carboxylic acids is 1. The molecule has 1 heterocycles. The van der Waals surface area contributed by atoms with E-state index in [-0.39, 0.29) is 6.54 Å². The van der Waals surface area contributed by atoms with E-state index in [9.17, 15) is 9.90 Å². The fraction of sp³-hybridized carbons (Fsp3) is 0.222. The molecular weight excluding hydrogens is 318 g/mol. The van der Waals surface area contributed by atoms with Crippen LogP contribution in [0.25, 0.3) is 11.4 Å². The highest BCUT2D eigenvalue weighted by molar-refractivity contribution is 5.93. The van der Waals surface area contributed by atoms with Crippen LogP contribution in [0.1, 0.15) is 33.2 Å². The zero-order chi connectivity index (χ0) is 18.0. The zero-order valence-electron chi connectivity index (χ0n) is 14.0. The fourth-order valence-corrected chi connectivity index (χ4v) is 2.68. The van der Waals surface area contributed by atoms with E-state index in [1.807, 2.05) is 26.0 Å². The molecule has 0 radical (unpaired) electrons. The van der Waals surface area contributed by atoms with Gasteiger partial charge in [-0.25, -0.2) is 0 Å². The number of hydrogen-bond donors (Lipinski definition) is 2. The lowest BCUT2D eigenvalue weighted by atomic mass is 10.0. The van der Waals surface area contributed by atoms with E-state index in [1.165, 1.54) is 4.80 Å². The Morgan fingerprint density at radius 2 is 1.80 bits per heavy atom. The van der Waals surface area contributed by atoms with Crippen LogP contribution in [-0.2, 0) is 6.54 Å². The first-order valence-electron chi connectivity index (χ1n) is 7.86. The van der Waals surface area contributed by atoms with Crippen molar-refractivity contribution in [2.45, 2.75) is 26.5 Å². The number of carbonyl (C=O) groups is 1. The standard InChI is InChI=1S/C18H19N5O2/c1-11-7-12(2)9-15(8-11)16(24)10-23-21-18(20-22-23)14-5-3-13(4-6-14)17(19)25/h3-9,16,24H,10H2,1-2H3,(H2,19,25). The molecule has 1 aromatic heterocycles.